The smallest absolute Gasteiger partial charge is 0.414 e. The second-order valence-corrected chi connectivity index (χ2v) is 10.0. The van der Waals surface area contributed by atoms with E-state index in [0.29, 0.717) is 37.4 Å². The van der Waals surface area contributed by atoms with E-state index in [1.807, 2.05) is 18.9 Å². The Hall–Kier alpha value is -2.95. The van der Waals surface area contributed by atoms with Crippen molar-refractivity contribution >= 4 is 27.6 Å². The summed E-state index contributed by atoms with van der Waals surface area (Å²) in [7, 11) is -0.127. The van der Waals surface area contributed by atoms with E-state index in [4.69, 9.17) is 15.9 Å². The van der Waals surface area contributed by atoms with Crippen molar-refractivity contribution in [3.8, 4) is 0 Å². The summed E-state index contributed by atoms with van der Waals surface area (Å²) < 4.78 is 32.2. The second kappa shape index (κ2) is 9.68. The van der Waals surface area contributed by atoms with Crippen LogP contribution in [0.4, 0.5) is 10.5 Å². The Bertz CT molecular complexity index is 1070. The Balaban J connectivity index is 1.52. The van der Waals surface area contributed by atoms with Crippen LogP contribution in [0.5, 0.6) is 0 Å². The molecule has 3 N–H and O–H groups in total. The van der Waals surface area contributed by atoms with E-state index in [9.17, 15) is 13.2 Å². The van der Waals surface area contributed by atoms with Gasteiger partial charge in [-0.05, 0) is 50.4 Å². The summed E-state index contributed by atoms with van der Waals surface area (Å²) in [4.78, 5) is 16.0. The first-order valence-electron chi connectivity index (χ1n) is 10.2. The molecule has 1 atom stereocenters. The van der Waals surface area contributed by atoms with Gasteiger partial charge in [-0.3, -0.25) is 10.3 Å². The summed E-state index contributed by atoms with van der Waals surface area (Å²) >= 11 is 0. The third-order valence-electron chi connectivity index (χ3n) is 5.41. The minimum Gasteiger partial charge on any atom is -0.443 e. The molecule has 1 unspecified atom stereocenters. The van der Waals surface area contributed by atoms with Gasteiger partial charge in [0.15, 0.2) is 0 Å². The van der Waals surface area contributed by atoms with Crippen molar-refractivity contribution in [2.24, 2.45) is 5.73 Å². The van der Waals surface area contributed by atoms with Crippen molar-refractivity contribution in [3.63, 3.8) is 0 Å². The van der Waals surface area contributed by atoms with Gasteiger partial charge in [0.1, 0.15) is 11.9 Å². The predicted molar refractivity (Wildman–Crippen MR) is 124 cm³/mol. The first-order chi connectivity index (χ1) is 15.1. The summed E-state index contributed by atoms with van der Waals surface area (Å²) in [5.74, 6) is -0.0330. The Morgan fingerprint density at radius 2 is 1.75 bits per heavy atom. The summed E-state index contributed by atoms with van der Waals surface area (Å²) in [6, 6.07) is 13.6. The molecule has 2 aromatic carbocycles. The van der Waals surface area contributed by atoms with Gasteiger partial charge in [0.2, 0.25) is 10.0 Å². The monoisotopic (exact) mass is 459 g/mol. The van der Waals surface area contributed by atoms with E-state index >= 15 is 0 Å². The molecule has 1 aliphatic rings. The van der Waals surface area contributed by atoms with Gasteiger partial charge >= 0.3 is 6.09 Å². The van der Waals surface area contributed by atoms with Crippen LogP contribution in [0.25, 0.3) is 0 Å². The Labute approximate surface area is 188 Å². The molecule has 0 radical (unpaired) electrons. The molecular formula is C22H29N5O4S. The number of aryl methyl sites for hydroxylation is 1. The highest BCUT2D eigenvalue weighted by Gasteiger charge is 2.33. The lowest BCUT2D eigenvalue weighted by atomic mass is 10.2. The maximum atomic E-state index is 12.7. The lowest BCUT2D eigenvalue weighted by molar-refractivity contribution is 0.116. The van der Waals surface area contributed by atoms with Gasteiger partial charge in [-0.15, -0.1) is 0 Å². The van der Waals surface area contributed by atoms with Crippen LogP contribution >= 0.6 is 0 Å². The second-order valence-electron chi connectivity index (χ2n) is 7.98. The van der Waals surface area contributed by atoms with Crippen molar-refractivity contribution in [1.29, 1.82) is 5.41 Å². The van der Waals surface area contributed by atoms with E-state index in [1.165, 1.54) is 9.21 Å². The summed E-state index contributed by atoms with van der Waals surface area (Å²) in [6.45, 7) is 3.58. The number of nitrogens with two attached hydrogens (primary N) is 1. The molecular weight excluding hydrogens is 430 g/mol. The number of anilines is 1. The number of sulfonamides is 1. The van der Waals surface area contributed by atoms with E-state index in [2.05, 4.69) is 0 Å². The number of hydrogen-bond acceptors (Lipinski definition) is 6. The van der Waals surface area contributed by atoms with Gasteiger partial charge in [0, 0.05) is 37.9 Å². The van der Waals surface area contributed by atoms with E-state index in [-0.39, 0.29) is 16.8 Å². The van der Waals surface area contributed by atoms with Crippen LogP contribution in [0.1, 0.15) is 11.1 Å². The molecule has 0 aromatic heterocycles. The molecule has 0 bridgehead atoms. The molecule has 1 heterocycles. The number of likely N-dealkylation sites (N-methyl/N-ethyl adjacent to an activating group) is 2. The fourth-order valence-corrected chi connectivity index (χ4v) is 4.57. The first kappa shape index (κ1) is 23.7. The zero-order valence-corrected chi connectivity index (χ0v) is 19.3. The summed E-state index contributed by atoms with van der Waals surface area (Å²) in [5, 5.41) is 7.46. The molecule has 3 rings (SSSR count). The van der Waals surface area contributed by atoms with Crippen molar-refractivity contribution in [3.05, 3.63) is 59.7 Å². The largest absolute Gasteiger partial charge is 0.443 e. The highest BCUT2D eigenvalue weighted by atomic mass is 32.2. The Morgan fingerprint density at radius 3 is 2.34 bits per heavy atom. The third-order valence-corrected chi connectivity index (χ3v) is 7.28. The van der Waals surface area contributed by atoms with Crippen LogP contribution in [0.2, 0.25) is 0 Å². The molecule has 1 aliphatic heterocycles. The van der Waals surface area contributed by atoms with Gasteiger partial charge in [-0.25, -0.2) is 13.2 Å². The number of hydrogen-bond donors (Lipinski definition) is 2. The molecule has 1 amide bonds. The molecule has 10 heteroatoms. The number of carbonyl (C=O) groups is 1. The minimum absolute atomic E-state index is 0.0330. The maximum absolute atomic E-state index is 12.7. The number of amidine groups is 1. The fourth-order valence-electron chi connectivity index (χ4n) is 3.41. The van der Waals surface area contributed by atoms with Crippen LogP contribution in [0, 0.1) is 12.3 Å². The number of carbonyl (C=O) groups excluding carboxylic acids is 1. The van der Waals surface area contributed by atoms with Gasteiger partial charge in [0.25, 0.3) is 0 Å². The lowest BCUT2D eigenvalue weighted by Gasteiger charge is -2.23. The van der Waals surface area contributed by atoms with Crippen LogP contribution in [-0.2, 0) is 14.8 Å². The highest BCUT2D eigenvalue weighted by molar-refractivity contribution is 7.89. The van der Waals surface area contributed by atoms with Gasteiger partial charge in [-0.2, -0.15) is 4.31 Å². The number of nitrogen functional groups attached to an aromatic ring is 1. The fraction of sp³-hybridized carbons (Fsp3) is 0.364. The van der Waals surface area contributed by atoms with Crippen LogP contribution in [-0.4, -0.2) is 75.9 Å². The minimum atomic E-state index is -3.55. The number of amides is 1. The molecule has 32 heavy (non-hydrogen) atoms. The average Bonchev–Trinajstić information content (AvgIpc) is 3.12. The number of ether oxygens (including phenoxy) is 1. The molecule has 172 valence electrons. The zero-order chi connectivity index (χ0) is 23.5. The Kier molecular flexibility index (Phi) is 7.17. The molecule has 1 saturated heterocycles. The normalized spacial score (nSPS) is 16.6. The SMILES string of the molecule is Cc1ccc(S(=O)(=O)N(C)CCN(C)CC2CN(c3ccc(C(=N)N)cc3)C(=O)O2)cc1. The topological polar surface area (TPSA) is 120 Å². The molecule has 0 aliphatic carbocycles. The van der Waals surface area contributed by atoms with Crippen molar-refractivity contribution in [2.75, 3.05) is 45.2 Å². The Morgan fingerprint density at radius 1 is 1.12 bits per heavy atom. The number of nitrogens with zero attached hydrogens (tertiary/aromatic N) is 3. The lowest BCUT2D eigenvalue weighted by Crippen LogP contribution is -2.38. The molecule has 2 aromatic rings. The molecule has 0 spiro atoms. The average molecular weight is 460 g/mol. The van der Waals surface area contributed by atoms with Gasteiger partial charge in [0.05, 0.1) is 11.4 Å². The predicted octanol–water partition coefficient (Wildman–Crippen LogP) is 1.86. The van der Waals surface area contributed by atoms with E-state index < -0.39 is 16.1 Å². The van der Waals surface area contributed by atoms with Crippen LogP contribution in [0.3, 0.4) is 0 Å². The summed E-state index contributed by atoms with van der Waals surface area (Å²) in [6.07, 6.45) is -0.767. The molecule has 1 fully saturated rings. The standard InChI is InChI=1S/C22H29N5O4S/c1-16-4-10-20(11-5-16)32(29,30)26(3)13-12-25(2)14-19-15-27(22(28)31-19)18-8-6-17(7-9-18)21(23)24/h4-11,19H,12-15H2,1-3H3,(H3,23,24). The van der Waals surface area contributed by atoms with Crippen LogP contribution < -0.4 is 10.6 Å². The number of rotatable bonds is 9. The quantitative estimate of drug-likeness (QED) is 0.436. The third kappa shape index (κ3) is 5.45. The molecule has 9 nitrogen and oxygen atoms in total. The number of nitrogens with one attached hydrogen (secondary N) is 1. The first-order valence-corrected chi connectivity index (χ1v) is 11.7. The van der Waals surface area contributed by atoms with Crippen LogP contribution in [0.15, 0.2) is 53.4 Å². The van der Waals surface area contributed by atoms with E-state index in [0.717, 1.165) is 5.56 Å². The molecule has 0 saturated carbocycles. The van der Waals surface area contributed by atoms with E-state index in [1.54, 1.807) is 55.6 Å². The maximum Gasteiger partial charge on any atom is 0.414 e. The number of cyclic esters (lactones) is 1. The van der Waals surface area contributed by atoms with Gasteiger partial charge < -0.3 is 15.4 Å². The summed E-state index contributed by atoms with van der Waals surface area (Å²) in [5.41, 5.74) is 7.73. The number of benzene rings is 2. The van der Waals surface area contributed by atoms with Gasteiger partial charge in [-0.1, -0.05) is 17.7 Å². The van der Waals surface area contributed by atoms with Crippen molar-refractivity contribution in [2.45, 2.75) is 17.9 Å². The highest BCUT2D eigenvalue weighted by Crippen LogP contribution is 2.22. The van der Waals surface area contributed by atoms with Crippen molar-refractivity contribution in [1.82, 2.24) is 9.21 Å². The zero-order valence-electron chi connectivity index (χ0n) is 18.5. The van der Waals surface area contributed by atoms with Crippen molar-refractivity contribution < 1.29 is 17.9 Å².